The topological polar surface area (TPSA) is 53.2 Å². The fraction of sp³-hybridized carbons (Fsp3) is 0.133. The van der Waals surface area contributed by atoms with E-state index in [1.807, 2.05) is 30.3 Å². The van der Waals surface area contributed by atoms with E-state index in [1.54, 1.807) is 24.3 Å². The summed E-state index contributed by atoms with van der Waals surface area (Å²) in [5.41, 5.74) is 1.30. The van der Waals surface area contributed by atoms with Crippen molar-refractivity contribution in [1.29, 1.82) is 5.26 Å². The third-order valence-corrected chi connectivity index (χ3v) is 3.12. The van der Waals surface area contributed by atoms with E-state index in [0.29, 0.717) is 11.3 Å². The molecule has 19 heavy (non-hydrogen) atoms. The van der Waals surface area contributed by atoms with E-state index >= 15 is 0 Å². The van der Waals surface area contributed by atoms with Crippen molar-refractivity contribution in [1.82, 2.24) is 0 Å². The van der Waals surface area contributed by atoms with Crippen LogP contribution < -0.4 is 4.74 Å². The number of aliphatic hydroxyl groups excluding tert-OH is 1. The maximum atomic E-state index is 10.00. The van der Waals surface area contributed by atoms with Gasteiger partial charge >= 0.3 is 0 Å². The van der Waals surface area contributed by atoms with Crippen LogP contribution in [0.1, 0.15) is 17.2 Å². The molecule has 0 amide bonds. The largest absolute Gasteiger partial charge is 0.490 e. The molecular weight excluding hydrogens is 306 g/mol. The van der Waals surface area contributed by atoms with Crippen molar-refractivity contribution < 1.29 is 9.84 Å². The van der Waals surface area contributed by atoms with Gasteiger partial charge in [0.15, 0.2) is 0 Å². The molecule has 0 aliphatic carbocycles. The van der Waals surface area contributed by atoms with Crippen LogP contribution in [-0.4, -0.2) is 11.7 Å². The van der Waals surface area contributed by atoms with E-state index in [0.717, 1.165) is 10.0 Å². The Kier molecular flexibility index (Phi) is 4.56. The standard InChI is InChI=1S/C15H12BrNO2/c16-13-2-1-3-14(8-13)19-10-15(18)12-6-4-11(9-17)5-7-12/h1-8,15,18H,10H2. The average molecular weight is 318 g/mol. The summed E-state index contributed by atoms with van der Waals surface area (Å²) in [4.78, 5) is 0. The first-order valence-electron chi connectivity index (χ1n) is 5.75. The van der Waals surface area contributed by atoms with Gasteiger partial charge in [0.1, 0.15) is 18.5 Å². The minimum atomic E-state index is -0.716. The molecule has 3 nitrogen and oxygen atoms in total. The lowest BCUT2D eigenvalue weighted by Gasteiger charge is -2.13. The number of rotatable bonds is 4. The van der Waals surface area contributed by atoms with Crippen LogP contribution >= 0.6 is 15.9 Å². The predicted molar refractivity (Wildman–Crippen MR) is 75.8 cm³/mol. The van der Waals surface area contributed by atoms with Crippen molar-refractivity contribution in [2.45, 2.75) is 6.10 Å². The van der Waals surface area contributed by atoms with E-state index in [2.05, 4.69) is 15.9 Å². The summed E-state index contributed by atoms with van der Waals surface area (Å²) in [6, 6.07) is 16.3. The van der Waals surface area contributed by atoms with Crippen LogP contribution in [0.5, 0.6) is 5.75 Å². The summed E-state index contributed by atoms with van der Waals surface area (Å²) in [6.45, 7) is 0.169. The molecule has 96 valence electrons. The number of benzene rings is 2. The highest BCUT2D eigenvalue weighted by Gasteiger charge is 2.08. The number of nitrogens with zero attached hydrogens (tertiary/aromatic N) is 1. The van der Waals surface area contributed by atoms with Crippen molar-refractivity contribution in [2.24, 2.45) is 0 Å². The first-order chi connectivity index (χ1) is 9.19. The fourth-order valence-electron chi connectivity index (χ4n) is 1.61. The molecule has 0 fully saturated rings. The highest BCUT2D eigenvalue weighted by atomic mass is 79.9. The maximum Gasteiger partial charge on any atom is 0.120 e. The molecule has 1 unspecified atom stereocenters. The summed E-state index contributed by atoms with van der Waals surface area (Å²) in [7, 11) is 0. The number of aliphatic hydroxyl groups is 1. The average Bonchev–Trinajstić information content (AvgIpc) is 2.45. The van der Waals surface area contributed by atoms with Gasteiger partial charge in [0.05, 0.1) is 11.6 Å². The van der Waals surface area contributed by atoms with Crippen LogP contribution in [0, 0.1) is 11.3 Å². The molecule has 0 spiro atoms. The molecule has 2 rings (SSSR count). The molecule has 0 saturated heterocycles. The normalized spacial score (nSPS) is 11.6. The van der Waals surface area contributed by atoms with E-state index in [4.69, 9.17) is 10.00 Å². The molecule has 0 heterocycles. The molecule has 0 radical (unpaired) electrons. The Balaban J connectivity index is 1.97. The van der Waals surface area contributed by atoms with Gasteiger partial charge in [0, 0.05) is 4.47 Å². The summed E-state index contributed by atoms with van der Waals surface area (Å²) in [6.07, 6.45) is -0.716. The highest BCUT2D eigenvalue weighted by Crippen LogP contribution is 2.20. The van der Waals surface area contributed by atoms with Gasteiger partial charge in [-0.2, -0.15) is 5.26 Å². The lowest BCUT2D eigenvalue weighted by atomic mass is 10.1. The van der Waals surface area contributed by atoms with Crippen molar-refractivity contribution in [2.75, 3.05) is 6.61 Å². The molecule has 2 aromatic rings. The molecule has 0 aliphatic heterocycles. The molecular formula is C15H12BrNO2. The number of nitriles is 1. The van der Waals surface area contributed by atoms with Crippen molar-refractivity contribution >= 4 is 15.9 Å². The van der Waals surface area contributed by atoms with Gasteiger partial charge in [-0.15, -0.1) is 0 Å². The maximum absolute atomic E-state index is 10.00. The summed E-state index contributed by atoms with van der Waals surface area (Å²) >= 11 is 3.36. The van der Waals surface area contributed by atoms with Gasteiger partial charge in [-0.25, -0.2) is 0 Å². The zero-order chi connectivity index (χ0) is 13.7. The smallest absolute Gasteiger partial charge is 0.120 e. The molecule has 1 atom stereocenters. The third-order valence-electron chi connectivity index (χ3n) is 2.63. The molecule has 0 bridgehead atoms. The van der Waals surface area contributed by atoms with E-state index in [1.165, 1.54) is 0 Å². The first-order valence-corrected chi connectivity index (χ1v) is 6.55. The lowest BCUT2D eigenvalue weighted by Crippen LogP contribution is -2.09. The van der Waals surface area contributed by atoms with Crippen LogP contribution in [0.15, 0.2) is 53.0 Å². The quantitative estimate of drug-likeness (QED) is 0.939. The van der Waals surface area contributed by atoms with Gasteiger partial charge in [-0.3, -0.25) is 0 Å². The van der Waals surface area contributed by atoms with Crippen LogP contribution in [0.3, 0.4) is 0 Å². The first kappa shape index (κ1) is 13.6. The zero-order valence-electron chi connectivity index (χ0n) is 10.1. The van der Waals surface area contributed by atoms with E-state index < -0.39 is 6.10 Å². The Morgan fingerprint density at radius 1 is 1.21 bits per heavy atom. The molecule has 2 aromatic carbocycles. The monoisotopic (exact) mass is 317 g/mol. The minimum Gasteiger partial charge on any atom is -0.490 e. The fourth-order valence-corrected chi connectivity index (χ4v) is 1.99. The van der Waals surface area contributed by atoms with Crippen molar-refractivity contribution in [3.63, 3.8) is 0 Å². The van der Waals surface area contributed by atoms with Gasteiger partial charge in [-0.05, 0) is 35.9 Å². The molecule has 0 saturated carbocycles. The second kappa shape index (κ2) is 6.37. The Hall–Kier alpha value is -1.83. The van der Waals surface area contributed by atoms with Crippen LogP contribution in [0.2, 0.25) is 0 Å². The second-order valence-electron chi connectivity index (χ2n) is 4.02. The number of halogens is 1. The molecule has 0 aliphatic rings. The van der Waals surface area contributed by atoms with E-state index in [9.17, 15) is 5.11 Å². The molecule has 0 aromatic heterocycles. The third kappa shape index (κ3) is 3.82. The minimum absolute atomic E-state index is 0.169. The summed E-state index contributed by atoms with van der Waals surface area (Å²) in [5, 5.41) is 18.7. The van der Waals surface area contributed by atoms with Gasteiger partial charge < -0.3 is 9.84 Å². The number of hydrogen-bond acceptors (Lipinski definition) is 3. The second-order valence-corrected chi connectivity index (χ2v) is 4.93. The Morgan fingerprint density at radius 3 is 2.58 bits per heavy atom. The molecule has 1 N–H and O–H groups in total. The van der Waals surface area contributed by atoms with Gasteiger partial charge in [-0.1, -0.05) is 34.1 Å². The SMILES string of the molecule is N#Cc1ccc(C(O)COc2cccc(Br)c2)cc1. The Morgan fingerprint density at radius 2 is 1.95 bits per heavy atom. The van der Waals surface area contributed by atoms with Crippen LogP contribution in [0.4, 0.5) is 0 Å². The molecule has 4 heteroatoms. The van der Waals surface area contributed by atoms with Crippen molar-refractivity contribution in [3.05, 3.63) is 64.1 Å². The zero-order valence-corrected chi connectivity index (χ0v) is 11.7. The summed E-state index contributed by atoms with van der Waals surface area (Å²) < 4.78 is 6.44. The van der Waals surface area contributed by atoms with Crippen LogP contribution in [-0.2, 0) is 0 Å². The Bertz CT molecular complexity index is 590. The number of hydrogen-bond donors (Lipinski definition) is 1. The highest BCUT2D eigenvalue weighted by molar-refractivity contribution is 9.10. The van der Waals surface area contributed by atoms with Gasteiger partial charge in [0.25, 0.3) is 0 Å². The van der Waals surface area contributed by atoms with Crippen molar-refractivity contribution in [3.8, 4) is 11.8 Å². The number of ether oxygens (including phenoxy) is 1. The van der Waals surface area contributed by atoms with Crippen LogP contribution in [0.25, 0.3) is 0 Å². The Labute approximate surface area is 120 Å². The predicted octanol–water partition coefficient (Wildman–Crippen LogP) is 3.43. The lowest BCUT2D eigenvalue weighted by molar-refractivity contribution is 0.108. The van der Waals surface area contributed by atoms with Gasteiger partial charge in [0.2, 0.25) is 0 Å². The summed E-state index contributed by atoms with van der Waals surface area (Å²) in [5.74, 6) is 0.696. The van der Waals surface area contributed by atoms with E-state index in [-0.39, 0.29) is 6.61 Å².